The number of aliphatic hydroxyl groups is 3. The van der Waals surface area contributed by atoms with E-state index in [-0.39, 0.29) is 85.8 Å². The smallest absolute Gasteiger partial charge is 0.163 e. The van der Waals surface area contributed by atoms with E-state index in [9.17, 15) is 44.1 Å². The molecule has 0 aromatic heterocycles. The van der Waals surface area contributed by atoms with Gasteiger partial charge in [0, 0.05) is 89.8 Å². The van der Waals surface area contributed by atoms with Gasteiger partial charge in [0.05, 0.1) is 36.6 Å². The van der Waals surface area contributed by atoms with Gasteiger partial charge in [-0.3, -0.25) is 28.8 Å². The molecule has 7 aromatic rings. The van der Waals surface area contributed by atoms with E-state index in [0.717, 1.165) is 80.5 Å². The molecule has 7 rings (SSSR count). The highest BCUT2D eigenvalue weighted by Gasteiger charge is 2.23. The molecule has 12 nitrogen and oxygen atoms in total. The summed E-state index contributed by atoms with van der Waals surface area (Å²) in [5.74, 6) is 1.40. The van der Waals surface area contributed by atoms with Gasteiger partial charge in [-0.05, 0) is 151 Å². The third-order valence-electron chi connectivity index (χ3n) is 17.0. The number of aliphatic hydroxyl groups excluding tert-OH is 3. The van der Waals surface area contributed by atoms with E-state index in [1.165, 1.54) is 11.1 Å². The van der Waals surface area contributed by atoms with Crippen molar-refractivity contribution in [2.24, 2.45) is 32.5 Å². The normalized spacial score (nSPS) is 13.2. The number of hydrogen-bond acceptors (Lipinski definition) is 12. The highest BCUT2D eigenvalue weighted by atomic mass is 79.9. The molecule has 0 heterocycles. The lowest BCUT2D eigenvalue weighted by atomic mass is 9.86. The topological polar surface area (TPSA) is 191 Å². The van der Waals surface area contributed by atoms with Gasteiger partial charge < -0.3 is 29.5 Å². The summed E-state index contributed by atoms with van der Waals surface area (Å²) in [6.07, 6.45) is 3.39. The van der Waals surface area contributed by atoms with Gasteiger partial charge in [0.15, 0.2) is 28.9 Å². The Balaban J connectivity index is 0.000000649. The van der Waals surface area contributed by atoms with E-state index in [4.69, 9.17) is 14.2 Å². The van der Waals surface area contributed by atoms with Crippen LogP contribution in [-0.4, -0.2) is 70.3 Å². The van der Waals surface area contributed by atoms with E-state index in [0.29, 0.717) is 55.8 Å². The molecule has 111 heavy (non-hydrogen) atoms. The molecule has 0 fully saturated rings. The molecule has 0 aliphatic rings. The zero-order valence-electron chi connectivity index (χ0n) is 73.0. The first kappa shape index (κ1) is 102. The van der Waals surface area contributed by atoms with Crippen LogP contribution in [0.4, 0.5) is 0 Å². The predicted octanol–water partition coefficient (Wildman–Crippen LogP) is 26.5. The maximum absolute atomic E-state index is 12.0. The fourth-order valence-electron chi connectivity index (χ4n) is 11.0. The summed E-state index contributed by atoms with van der Waals surface area (Å²) in [6, 6.07) is 53.2. The Hall–Kier alpha value is -7.20. The standard InChI is InChI=1S/C16H26O2.C16H24O2.C15H22O.2C14H20O2.C13H16O2.C10H13BrO/c2*1-6-18-12(2)13-7-9-14(10-8-13)15(17)11-16(3,4)5;1-11(2)12-6-8-13(9-7-12)14(16)10-15(3,4)5;2*1-10(15)11-5-7-12(8-6-11)13(16)9-14(2,3)4;1-13(2,3)8-12(15)11-6-4-10(9-14)5-7-11;1-3-12-8(2)9-4-6-10(11)7-5-9/h7-10,12,15,17H,6,11H2,1-5H3;7-10,12H,6,11H2,1-5H3;6-9,11H,10H2,1-5H3;2*5-8,10,15H,9H2,1-4H3;4-7,9H,8H2,1-3H3;4-8H,3H2,1-2H3/t;;;10-;;;/m...0.../s1. The Labute approximate surface area is 679 Å². The summed E-state index contributed by atoms with van der Waals surface area (Å²) < 4.78 is 17.6. The monoisotopic (exact) mass is 1590 g/mol. The number of aldehydes is 1. The molecule has 0 amide bonds. The van der Waals surface area contributed by atoms with Gasteiger partial charge in [0.25, 0.3) is 0 Å². The molecule has 0 radical (unpaired) electrons. The van der Waals surface area contributed by atoms with Gasteiger partial charge in [0.2, 0.25) is 0 Å². The first-order valence-corrected chi connectivity index (χ1v) is 40.4. The van der Waals surface area contributed by atoms with Crippen molar-refractivity contribution in [1.82, 2.24) is 0 Å². The summed E-state index contributed by atoms with van der Waals surface area (Å²) >= 11 is 3.39. The maximum atomic E-state index is 12.0. The summed E-state index contributed by atoms with van der Waals surface area (Å²) in [5.41, 5.74) is 12.0. The average Bonchev–Trinajstić information content (AvgIpc) is 0.886. The minimum Gasteiger partial charge on any atom is -0.389 e. The lowest BCUT2D eigenvalue weighted by Gasteiger charge is -2.23. The van der Waals surface area contributed by atoms with Crippen LogP contribution in [0, 0.1) is 32.5 Å². The molecule has 0 aliphatic carbocycles. The highest BCUT2D eigenvalue weighted by molar-refractivity contribution is 9.10. The molecule has 0 saturated heterocycles. The Morgan fingerprint density at radius 1 is 0.315 bits per heavy atom. The Bertz CT molecular complexity index is 3630. The van der Waals surface area contributed by atoms with Crippen LogP contribution in [0.2, 0.25) is 0 Å². The van der Waals surface area contributed by atoms with Gasteiger partial charge >= 0.3 is 0 Å². The number of Topliss-reactive ketones (excluding diaryl/α,β-unsaturated/α-hetero) is 5. The van der Waals surface area contributed by atoms with Gasteiger partial charge in [-0.1, -0.05) is 312 Å². The van der Waals surface area contributed by atoms with Crippen molar-refractivity contribution >= 4 is 51.1 Å². The maximum Gasteiger partial charge on any atom is 0.163 e. The zero-order chi connectivity index (χ0) is 85.0. The number of halogens is 1. The summed E-state index contributed by atoms with van der Waals surface area (Å²) in [5, 5.41) is 28.9. The lowest BCUT2D eigenvalue weighted by Crippen LogP contribution is -2.13. The minimum absolute atomic E-state index is 0.000411. The Morgan fingerprint density at radius 2 is 0.523 bits per heavy atom. The third kappa shape index (κ3) is 45.3. The molecular weight excluding hydrogens is 1450 g/mol. The van der Waals surface area contributed by atoms with Crippen LogP contribution in [0.25, 0.3) is 0 Å². The number of ether oxygens (including phenoxy) is 3. The van der Waals surface area contributed by atoms with Crippen LogP contribution >= 0.6 is 15.9 Å². The van der Waals surface area contributed by atoms with E-state index in [1.54, 1.807) is 86.6 Å². The fourth-order valence-corrected chi connectivity index (χ4v) is 11.3. The van der Waals surface area contributed by atoms with Gasteiger partial charge in [-0.25, -0.2) is 0 Å². The highest BCUT2D eigenvalue weighted by Crippen LogP contribution is 2.32. The molecular formula is C98H141BrO12. The average molecular weight is 1590 g/mol. The number of benzene rings is 7. The summed E-state index contributed by atoms with van der Waals surface area (Å²) in [7, 11) is 0. The van der Waals surface area contributed by atoms with Crippen molar-refractivity contribution in [1.29, 1.82) is 0 Å². The molecule has 0 saturated carbocycles. The van der Waals surface area contributed by atoms with E-state index in [2.05, 4.69) is 165 Å². The second kappa shape index (κ2) is 48.8. The van der Waals surface area contributed by atoms with Crippen LogP contribution in [0.3, 0.4) is 0 Å². The second-order valence-electron chi connectivity index (χ2n) is 36.3. The first-order valence-electron chi connectivity index (χ1n) is 39.6. The van der Waals surface area contributed by atoms with Crippen LogP contribution in [0.15, 0.2) is 174 Å². The number of carbonyl (C=O) groups is 6. The number of ketones is 5. The van der Waals surface area contributed by atoms with Gasteiger partial charge in [-0.2, -0.15) is 0 Å². The van der Waals surface area contributed by atoms with Crippen molar-refractivity contribution in [3.63, 3.8) is 0 Å². The molecule has 612 valence electrons. The SMILES string of the molecule is CC(C)(C)CC(=O)c1ccc(C=O)cc1.CC(C)c1ccc(C(=O)CC(C)(C)C)cc1.CC(O)c1ccc(C(=O)CC(C)(C)C)cc1.CCOC(C)c1ccc(Br)cc1.CCOC(C)c1ccc(C(=O)CC(C)(C)C)cc1.CCOC(C)c1ccc(C(O)CC(C)(C)C)cc1.C[C@H](O)c1ccc(C(=O)CC(C)(C)C)cc1. The van der Waals surface area contributed by atoms with E-state index < -0.39 is 12.2 Å². The zero-order valence-corrected chi connectivity index (χ0v) is 74.6. The number of carbonyl (C=O) groups excluding carboxylic acids is 6. The first-order chi connectivity index (χ1) is 51.2. The molecule has 6 atom stereocenters. The largest absolute Gasteiger partial charge is 0.389 e. The van der Waals surface area contributed by atoms with Gasteiger partial charge in [-0.15, -0.1) is 0 Å². The van der Waals surface area contributed by atoms with Gasteiger partial charge in [0.1, 0.15) is 6.29 Å². The summed E-state index contributed by atoms with van der Waals surface area (Å²) in [6.45, 7) is 59.4. The predicted molar refractivity (Wildman–Crippen MR) is 465 cm³/mol. The Morgan fingerprint density at radius 3 is 0.730 bits per heavy atom. The minimum atomic E-state index is -0.480. The Kier molecular flexibility index (Phi) is 44.7. The molecule has 0 spiro atoms. The van der Waals surface area contributed by atoms with E-state index in [1.807, 2.05) is 128 Å². The van der Waals surface area contributed by atoms with Crippen LogP contribution in [-0.2, 0) is 14.2 Å². The van der Waals surface area contributed by atoms with E-state index >= 15 is 0 Å². The number of hydrogen-bond donors (Lipinski definition) is 3. The lowest BCUT2D eigenvalue weighted by molar-refractivity contribution is 0.0761. The van der Waals surface area contributed by atoms with Crippen molar-refractivity contribution in [3.05, 3.63) is 247 Å². The number of rotatable bonds is 25. The molecule has 0 aliphatic heterocycles. The van der Waals surface area contributed by atoms with Crippen LogP contribution < -0.4 is 0 Å². The molecule has 7 aromatic carbocycles. The summed E-state index contributed by atoms with van der Waals surface area (Å²) in [4.78, 5) is 69.9. The fraction of sp³-hybridized carbons (Fsp3) is 0.510. The van der Waals surface area contributed by atoms with Crippen LogP contribution in [0.5, 0.6) is 0 Å². The van der Waals surface area contributed by atoms with Crippen LogP contribution in [0.1, 0.15) is 376 Å². The quantitative estimate of drug-likeness (QED) is 0.0363. The molecule has 3 N–H and O–H groups in total. The molecule has 0 bridgehead atoms. The molecule has 13 heteroatoms. The van der Waals surface area contributed by atoms with Crippen molar-refractivity contribution in [2.75, 3.05) is 19.8 Å². The van der Waals surface area contributed by atoms with Crippen molar-refractivity contribution in [2.45, 2.75) is 275 Å². The van der Waals surface area contributed by atoms with Crippen molar-refractivity contribution in [3.8, 4) is 0 Å². The molecule has 5 unspecified atom stereocenters. The third-order valence-corrected chi connectivity index (χ3v) is 17.6. The van der Waals surface area contributed by atoms with Crippen molar-refractivity contribution < 1.29 is 58.3 Å². The second-order valence-corrected chi connectivity index (χ2v) is 37.2.